The molecule has 11 heteroatoms. The van der Waals surface area contributed by atoms with Crippen LogP contribution in [0.25, 0.3) is 0 Å². The van der Waals surface area contributed by atoms with Gasteiger partial charge in [-0.3, -0.25) is 14.4 Å². The van der Waals surface area contributed by atoms with Crippen molar-refractivity contribution >= 4 is 34.9 Å². The number of carbonyl (C=O) groups excluding carboxylic acids is 3. The van der Waals surface area contributed by atoms with Gasteiger partial charge in [0.05, 0.1) is 12.8 Å². The van der Waals surface area contributed by atoms with E-state index in [1.807, 2.05) is 30.3 Å². The minimum absolute atomic E-state index is 0.00220. The van der Waals surface area contributed by atoms with Crippen LogP contribution in [0.1, 0.15) is 63.0 Å². The summed E-state index contributed by atoms with van der Waals surface area (Å²) >= 11 is 0.755. The van der Waals surface area contributed by atoms with Crippen LogP contribution in [0, 0.1) is 0 Å². The molecule has 0 bridgehead atoms. The van der Waals surface area contributed by atoms with Gasteiger partial charge < -0.3 is 31.5 Å². The number of nitrogen functional groups attached to an aromatic ring is 1. The van der Waals surface area contributed by atoms with Crippen LogP contribution < -0.4 is 21.5 Å². The lowest BCUT2D eigenvalue weighted by atomic mass is 10.0. The second-order valence-corrected chi connectivity index (χ2v) is 9.65. The normalized spacial score (nSPS) is 14.2. The number of amides is 3. The van der Waals surface area contributed by atoms with Gasteiger partial charge in [-0.15, -0.1) is 0 Å². The number of nitrogens with one attached hydrogen (secondary N) is 1. The Morgan fingerprint density at radius 2 is 1.89 bits per heavy atom. The predicted molar refractivity (Wildman–Crippen MR) is 139 cm³/mol. The molecule has 6 N–H and O–H groups in total. The largest absolute Gasteiger partial charge is 0.504 e. The van der Waals surface area contributed by atoms with Crippen LogP contribution in [0.4, 0.5) is 5.69 Å². The molecule has 1 heterocycles. The van der Waals surface area contributed by atoms with E-state index in [-0.39, 0.29) is 46.3 Å². The SMILES string of the molecule is COc1cc([C@@H](C(=O)NC2CCCC2)N(Cc2ccccc2)C(=O)c2snc(C(N)=O)c2N)ccc1O. The third-order valence-corrected chi connectivity index (χ3v) is 7.24. The van der Waals surface area contributed by atoms with Crippen LogP contribution in [-0.4, -0.2) is 45.3 Å². The number of ether oxygens (including phenoxy) is 1. The molecule has 37 heavy (non-hydrogen) atoms. The quantitative estimate of drug-likeness (QED) is 0.335. The molecular weight excluding hydrogens is 494 g/mol. The number of hydrogen-bond donors (Lipinski definition) is 4. The van der Waals surface area contributed by atoms with E-state index in [1.54, 1.807) is 6.07 Å². The van der Waals surface area contributed by atoms with Crippen molar-refractivity contribution in [2.24, 2.45) is 5.73 Å². The minimum Gasteiger partial charge on any atom is -0.504 e. The first-order valence-electron chi connectivity index (χ1n) is 11.9. The molecule has 1 aromatic heterocycles. The Morgan fingerprint density at radius 3 is 2.51 bits per heavy atom. The molecule has 0 radical (unpaired) electrons. The molecule has 0 saturated heterocycles. The summed E-state index contributed by atoms with van der Waals surface area (Å²) in [6.07, 6.45) is 3.74. The summed E-state index contributed by atoms with van der Waals surface area (Å²) in [7, 11) is 1.41. The number of nitrogens with zero attached hydrogens (tertiary/aromatic N) is 2. The second kappa shape index (κ2) is 11.3. The van der Waals surface area contributed by atoms with Gasteiger partial charge in [-0.25, -0.2) is 0 Å². The molecule has 1 aliphatic rings. The van der Waals surface area contributed by atoms with Crippen LogP contribution in [0.3, 0.4) is 0 Å². The number of methoxy groups -OCH3 is 1. The monoisotopic (exact) mass is 523 g/mol. The van der Waals surface area contributed by atoms with E-state index < -0.39 is 17.9 Å². The first-order valence-corrected chi connectivity index (χ1v) is 12.6. The highest BCUT2D eigenvalue weighted by atomic mass is 32.1. The molecule has 3 amide bonds. The molecule has 1 aliphatic carbocycles. The van der Waals surface area contributed by atoms with Crippen LogP contribution in [0.2, 0.25) is 0 Å². The number of anilines is 1. The molecule has 10 nitrogen and oxygen atoms in total. The van der Waals surface area contributed by atoms with Gasteiger partial charge in [0.25, 0.3) is 11.8 Å². The summed E-state index contributed by atoms with van der Waals surface area (Å²) in [6, 6.07) is 12.6. The maximum absolute atomic E-state index is 14.0. The van der Waals surface area contributed by atoms with Crippen molar-refractivity contribution in [3.8, 4) is 11.5 Å². The van der Waals surface area contributed by atoms with Gasteiger partial charge in [-0.05, 0) is 47.6 Å². The smallest absolute Gasteiger partial charge is 0.270 e. The zero-order chi connectivity index (χ0) is 26.5. The first kappa shape index (κ1) is 26.0. The number of aromatic hydroxyl groups is 1. The van der Waals surface area contributed by atoms with Crippen LogP contribution in [0.15, 0.2) is 48.5 Å². The lowest BCUT2D eigenvalue weighted by Crippen LogP contribution is -2.45. The van der Waals surface area contributed by atoms with Crippen molar-refractivity contribution < 1.29 is 24.2 Å². The number of benzene rings is 2. The predicted octanol–water partition coefficient (Wildman–Crippen LogP) is 2.98. The molecule has 3 aromatic rings. The summed E-state index contributed by atoms with van der Waals surface area (Å²) < 4.78 is 9.24. The Balaban J connectivity index is 1.82. The van der Waals surface area contributed by atoms with E-state index in [0.717, 1.165) is 42.8 Å². The lowest BCUT2D eigenvalue weighted by Gasteiger charge is -2.32. The summed E-state index contributed by atoms with van der Waals surface area (Å²) in [6.45, 7) is 0.0643. The highest BCUT2D eigenvalue weighted by molar-refractivity contribution is 7.09. The van der Waals surface area contributed by atoms with Gasteiger partial charge in [0.15, 0.2) is 17.2 Å². The number of primary amides is 1. The summed E-state index contributed by atoms with van der Waals surface area (Å²) in [4.78, 5) is 40.9. The number of nitrogens with two attached hydrogens (primary N) is 2. The molecule has 2 aromatic carbocycles. The first-order chi connectivity index (χ1) is 17.8. The summed E-state index contributed by atoms with van der Waals surface area (Å²) in [5.74, 6) is -1.73. The average Bonchev–Trinajstić information content (AvgIpc) is 3.54. The highest BCUT2D eigenvalue weighted by Gasteiger charge is 2.36. The van der Waals surface area contributed by atoms with E-state index in [9.17, 15) is 19.5 Å². The van der Waals surface area contributed by atoms with E-state index >= 15 is 0 Å². The maximum atomic E-state index is 14.0. The molecule has 0 aliphatic heterocycles. The fraction of sp³-hybridized carbons (Fsp3) is 0.308. The van der Waals surface area contributed by atoms with Gasteiger partial charge in [0.1, 0.15) is 10.9 Å². The maximum Gasteiger partial charge on any atom is 0.270 e. The fourth-order valence-electron chi connectivity index (χ4n) is 4.51. The number of aromatic nitrogens is 1. The van der Waals surface area contributed by atoms with Crippen molar-refractivity contribution in [1.29, 1.82) is 0 Å². The highest BCUT2D eigenvalue weighted by Crippen LogP contribution is 2.35. The summed E-state index contributed by atoms with van der Waals surface area (Å²) in [5, 5.41) is 13.3. The van der Waals surface area contributed by atoms with Gasteiger partial charge in [0, 0.05) is 12.6 Å². The van der Waals surface area contributed by atoms with E-state index in [1.165, 1.54) is 24.1 Å². The molecular formula is C26H29N5O5S. The number of phenolic OH excluding ortho intramolecular Hbond substituents is 1. The molecule has 1 fully saturated rings. The third kappa shape index (κ3) is 5.67. The van der Waals surface area contributed by atoms with E-state index in [0.29, 0.717) is 5.56 Å². The lowest BCUT2D eigenvalue weighted by molar-refractivity contribution is -0.126. The zero-order valence-corrected chi connectivity index (χ0v) is 21.2. The summed E-state index contributed by atoms with van der Waals surface area (Å²) in [5.41, 5.74) is 12.4. The molecule has 4 rings (SSSR count). The minimum atomic E-state index is -1.10. The van der Waals surface area contributed by atoms with Gasteiger partial charge in [-0.1, -0.05) is 49.2 Å². The number of hydrogen-bond acceptors (Lipinski definition) is 8. The zero-order valence-electron chi connectivity index (χ0n) is 20.3. The fourth-order valence-corrected chi connectivity index (χ4v) is 5.27. The standard InChI is InChI=1S/C26H29N5O5S/c1-36-19-13-16(11-12-18(19)32)22(25(34)29-17-9-5-6-10-17)31(14-15-7-3-2-4-8-15)26(35)23-20(27)21(24(28)33)30-37-23/h2-4,7-8,11-13,17,22,32H,5-6,9-10,14,27H2,1H3,(H2,28,33)(H,29,34)/t22-/m0/s1. The van der Waals surface area contributed by atoms with Crippen molar-refractivity contribution in [1.82, 2.24) is 14.6 Å². The van der Waals surface area contributed by atoms with Crippen molar-refractivity contribution in [3.63, 3.8) is 0 Å². The van der Waals surface area contributed by atoms with Crippen molar-refractivity contribution in [3.05, 3.63) is 70.2 Å². The Bertz CT molecular complexity index is 1290. The molecule has 1 atom stereocenters. The Hall–Kier alpha value is -4.12. The van der Waals surface area contributed by atoms with Crippen molar-refractivity contribution in [2.75, 3.05) is 12.8 Å². The van der Waals surface area contributed by atoms with Gasteiger partial charge >= 0.3 is 0 Å². The number of rotatable bonds is 9. The van der Waals surface area contributed by atoms with Gasteiger partial charge in [0.2, 0.25) is 5.91 Å². The topological polar surface area (TPSA) is 161 Å². The molecule has 0 spiro atoms. The van der Waals surface area contributed by atoms with E-state index in [2.05, 4.69) is 9.69 Å². The second-order valence-electron chi connectivity index (χ2n) is 8.88. The molecule has 0 unspecified atom stereocenters. The van der Waals surface area contributed by atoms with Crippen LogP contribution >= 0.6 is 11.5 Å². The van der Waals surface area contributed by atoms with E-state index in [4.69, 9.17) is 16.2 Å². The molecule has 1 saturated carbocycles. The van der Waals surface area contributed by atoms with Crippen LogP contribution in [0.5, 0.6) is 11.5 Å². The van der Waals surface area contributed by atoms with Crippen LogP contribution in [-0.2, 0) is 11.3 Å². The number of phenols is 1. The Kier molecular flexibility index (Phi) is 7.92. The number of carbonyl (C=O) groups is 3. The Labute approximate surface area is 218 Å². The average molecular weight is 524 g/mol. The Morgan fingerprint density at radius 1 is 1.19 bits per heavy atom. The van der Waals surface area contributed by atoms with Gasteiger partial charge in [-0.2, -0.15) is 4.37 Å². The molecule has 194 valence electrons. The van der Waals surface area contributed by atoms with Crippen molar-refractivity contribution in [2.45, 2.75) is 44.3 Å². The third-order valence-electron chi connectivity index (χ3n) is 6.39.